The molecule has 0 radical (unpaired) electrons. The van der Waals surface area contributed by atoms with E-state index in [1.54, 1.807) is 21.9 Å². The number of amides is 2. The van der Waals surface area contributed by atoms with Crippen molar-refractivity contribution < 1.29 is 19.1 Å². The van der Waals surface area contributed by atoms with Crippen molar-refractivity contribution >= 4 is 28.7 Å². The summed E-state index contributed by atoms with van der Waals surface area (Å²) in [7, 11) is 0. The molecule has 7 nitrogen and oxygen atoms in total. The summed E-state index contributed by atoms with van der Waals surface area (Å²) < 4.78 is 7.73. The summed E-state index contributed by atoms with van der Waals surface area (Å²) in [6.45, 7) is 9.39. The second kappa shape index (κ2) is 9.12. The number of piperazine rings is 1. The van der Waals surface area contributed by atoms with Crippen molar-refractivity contribution in [2.45, 2.75) is 65.3 Å². The van der Waals surface area contributed by atoms with Crippen LogP contribution < -0.4 is 0 Å². The Morgan fingerprint density at radius 1 is 1.03 bits per heavy atom. The molecule has 188 valence electrons. The van der Waals surface area contributed by atoms with E-state index < -0.39 is 11.6 Å². The zero-order chi connectivity index (χ0) is 25.6. The number of esters is 1. The Labute approximate surface area is 211 Å². The van der Waals surface area contributed by atoms with E-state index in [4.69, 9.17) is 4.74 Å². The molecule has 0 N–H and O–H groups in total. The van der Waals surface area contributed by atoms with Gasteiger partial charge < -0.3 is 19.1 Å². The highest BCUT2D eigenvalue weighted by atomic mass is 16.6. The van der Waals surface area contributed by atoms with Crippen molar-refractivity contribution in [1.82, 2.24) is 14.4 Å². The largest absolute Gasteiger partial charge is 0.456 e. The summed E-state index contributed by atoms with van der Waals surface area (Å²) in [5.41, 5.74) is 4.33. The second-order valence-corrected chi connectivity index (χ2v) is 10.7. The number of rotatable bonds is 5. The topological polar surface area (TPSA) is 71.8 Å². The molecule has 36 heavy (non-hydrogen) atoms. The number of carbonyl (C=O) groups is 3. The number of hydrogen-bond acceptors (Lipinski definition) is 4. The second-order valence-electron chi connectivity index (χ2n) is 10.7. The molecule has 1 saturated heterocycles. The van der Waals surface area contributed by atoms with Crippen molar-refractivity contribution in [3.8, 4) is 0 Å². The van der Waals surface area contributed by atoms with Gasteiger partial charge in [0.05, 0.1) is 18.7 Å². The van der Waals surface area contributed by atoms with Crippen LogP contribution >= 0.6 is 0 Å². The SMILES string of the molecule is CCCN1CC(=O)N2Cc3c(c4ccccc4n3Cc3ccc(C(=O)OC(C)(C)C)cc3)CC2C1=O. The van der Waals surface area contributed by atoms with Crippen LogP contribution in [0.2, 0.25) is 0 Å². The predicted molar refractivity (Wildman–Crippen MR) is 138 cm³/mol. The zero-order valence-electron chi connectivity index (χ0n) is 21.4. The van der Waals surface area contributed by atoms with Crippen molar-refractivity contribution in [1.29, 1.82) is 0 Å². The molecule has 1 unspecified atom stereocenters. The summed E-state index contributed by atoms with van der Waals surface area (Å²) in [5, 5.41) is 1.13. The number of ether oxygens (including phenoxy) is 1. The first kappa shape index (κ1) is 24.1. The molecule has 3 aromatic rings. The van der Waals surface area contributed by atoms with Gasteiger partial charge in [0.1, 0.15) is 11.6 Å². The van der Waals surface area contributed by atoms with Crippen LogP contribution in [-0.2, 0) is 33.8 Å². The summed E-state index contributed by atoms with van der Waals surface area (Å²) in [4.78, 5) is 42.1. The molecular formula is C29H33N3O4. The fraction of sp³-hybridized carbons (Fsp3) is 0.414. The molecule has 1 aromatic heterocycles. The summed E-state index contributed by atoms with van der Waals surface area (Å²) in [6.07, 6.45) is 1.37. The highest BCUT2D eigenvalue weighted by Crippen LogP contribution is 2.35. The van der Waals surface area contributed by atoms with Gasteiger partial charge in [-0.15, -0.1) is 0 Å². The number of carbonyl (C=O) groups excluding carboxylic acids is 3. The van der Waals surface area contributed by atoms with Gasteiger partial charge in [0.15, 0.2) is 0 Å². The number of nitrogens with zero attached hydrogens (tertiary/aromatic N) is 3. The van der Waals surface area contributed by atoms with Crippen LogP contribution in [0.5, 0.6) is 0 Å². The first-order valence-electron chi connectivity index (χ1n) is 12.7. The maximum Gasteiger partial charge on any atom is 0.338 e. The first-order valence-corrected chi connectivity index (χ1v) is 12.7. The Morgan fingerprint density at radius 3 is 2.44 bits per heavy atom. The van der Waals surface area contributed by atoms with E-state index in [-0.39, 0.29) is 24.3 Å². The van der Waals surface area contributed by atoms with E-state index >= 15 is 0 Å². The van der Waals surface area contributed by atoms with Gasteiger partial charge in [0, 0.05) is 36.1 Å². The third-order valence-electron chi connectivity index (χ3n) is 6.95. The van der Waals surface area contributed by atoms with Gasteiger partial charge in [0.25, 0.3) is 0 Å². The third-order valence-corrected chi connectivity index (χ3v) is 6.95. The van der Waals surface area contributed by atoms with Gasteiger partial charge in [-0.1, -0.05) is 37.3 Å². The fourth-order valence-corrected chi connectivity index (χ4v) is 5.34. The van der Waals surface area contributed by atoms with Crippen LogP contribution in [0, 0.1) is 0 Å². The van der Waals surface area contributed by atoms with Gasteiger partial charge in [-0.25, -0.2) is 4.79 Å². The third kappa shape index (κ3) is 4.38. The Balaban J connectivity index is 1.47. The molecule has 1 atom stereocenters. The zero-order valence-corrected chi connectivity index (χ0v) is 21.4. The molecule has 0 aliphatic carbocycles. The number of benzene rings is 2. The molecule has 0 spiro atoms. The van der Waals surface area contributed by atoms with Crippen LogP contribution in [0.4, 0.5) is 0 Å². The Morgan fingerprint density at radius 2 is 1.75 bits per heavy atom. The minimum atomic E-state index is -0.544. The highest BCUT2D eigenvalue weighted by Gasteiger charge is 2.43. The lowest BCUT2D eigenvalue weighted by Crippen LogP contribution is -2.61. The fourth-order valence-electron chi connectivity index (χ4n) is 5.34. The van der Waals surface area contributed by atoms with Crippen LogP contribution in [0.1, 0.15) is 61.3 Å². The van der Waals surface area contributed by atoms with Gasteiger partial charge >= 0.3 is 5.97 Å². The smallest absolute Gasteiger partial charge is 0.338 e. The lowest BCUT2D eigenvalue weighted by Gasteiger charge is -2.43. The van der Waals surface area contributed by atoms with E-state index in [0.717, 1.165) is 34.1 Å². The van der Waals surface area contributed by atoms with Gasteiger partial charge in [-0.3, -0.25) is 9.59 Å². The van der Waals surface area contributed by atoms with Crippen LogP contribution in [0.15, 0.2) is 48.5 Å². The number of fused-ring (bicyclic) bond motifs is 4. The van der Waals surface area contributed by atoms with E-state index in [0.29, 0.717) is 31.6 Å². The van der Waals surface area contributed by atoms with E-state index in [2.05, 4.69) is 16.7 Å². The number of hydrogen-bond donors (Lipinski definition) is 0. The summed E-state index contributed by atoms with van der Waals surface area (Å²) in [5.74, 6) is -0.275. The molecule has 2 aliphatic rings. The molecule has 2 amide bonds. The molecule has 2 aliphatic heterocycles. The Bertz CT molecular complexity index is 1330. The van der Waals surface area contributed by atoms with Crippen molar-refractivity contribution in [2.75, 3.05) is 13.1 Å². The highest BCUT2D eigenvalue weighted by molar-refractivity contribution is 5.97. The van der Waals surface area contributed by atoms with Crippen molar-refractivity contribution in [3.05, 3.63) is 70.9 Å². The lowest BCUT2D eigenvalue weighted by atomic mass is 9.94. The molecule has 5 rings (SSSR count). The molecule has 0 bridgehead atoms. The maximum absolute atomic E-state index is 13.2. The quantitative estimate of drug-likeness (QED) is 0.507. The molecule has 1 fully saturated rings. The standard InChI is InChI=1S/C29H33N3O4/c1-5-14-30-18-26(33)32-17-25-22(15-24(32)27(30)34)21-8-6-7-9-23(21)31(25)16-19-10-12-20(13-11-19)28(35)36-29(2,3)4/h6-13,24H,5,14-18H2,1-4H3. The Kier molecular flexibility index (Phi) is 6.10. The van der Waals surface area contributed by atoms with E-state index in [1.165, 1.54) is 0 Å². The first-order chi connectivity index (χ1) is 17.2. The molecule has 0 saturated carbocycles. The van der Waals surface area contributed by atoms with E-state index in [9.17, 15) is 14.4 Å². The van der Waals surface area contributed by atoms with Crippen molar-refractivity contribution in [2.24, 2.45) is 0 Å². The molecular weight excluding hydrogens is 454 g/mol. The van der Waals surface area contributed by atoms with Crippen molar-refractivity contribution in [3.63, 3.8) is 0 Å². The minimum absolute atomic E-state index is 0.0113. The summed E-state index contributed by atoms with van der Waals surface area (Å²) >= 11 is 0. The number of aromatic nitrogens is 1. The van der Waals surface area contributed by atoms with Gasteiger partial charge in [-0.2, -0.15) is 0 Å². The average molecular weight is 488 g/mol. The number of para-hydroxylation sites is 1. The van der Waals surface area contributed by atoms with Gasteiger partial charge in [-0.05, 0) is 56.5 Å². The van der Waals surface area contributed by atoms with E-state index in [1.807, 2.05) is 52.0 Å². The van der Waals surface area contributed by atoms with Gasteiger partial charge in [0.2, 0.25) is 11.8 Å². The average Bonchev–Trinajstić information content (AvgIpc) is 3.14. The molecule has 3 heterocycles. The minimum Gasteiger partial charge on any atom is -0.456 e. The van der Waals surface area contributed by atoms with Crippen LogP contribution in [-0.4, -0.2) is 56.9 Å². The predicted octanol–water partition coefficient (Wildman–Crippen LogP) is 4.15. The normalized spacial score (nSPS) is 17.8. The lowest BCUT2D eigenvalue weighted by molar-refractivity contribution is -0.157. The monoisotopic (exact) mass is 487 g/mol. The van der Waals surface area contributed by atoms with Crippen LogP contribution in [0.3, 0.4) is 0 Å². The maximum atomic E-state index is 13.2. The summed E-state index contributed by atoms with van der Waals surface area (Å²) in [6, 6.07) is 15.3. The Hall–Kier alpha value is -3.61. The molecule has 2 aromatic carbocycles. The van der Waals surface area contributed by atoms with Crippen LogP contribution in [0.25, 0.3) is 10.9 Å². The molecule has 7 heteroatoms.